The number of pyridine rings is 1. The summed E-state index contributed by atoms with van der Waals surface area (Å²) in [4.78, 5) is 33.3. The highest BCUT2D eigenvalue weighted by atomic mass is 19.2. The number of carbonyl (C=O) groups excluding carboxylic acids is 1. The molecule has 8 nitrogen and oxygen atoms in total. The zero-order valence-corrected chi connectivity index (χ0v) is 15.2. The lowest BCUT2D eigenvalue weighted by molar-refractivity contribution is 0.0635. The van der Waals surface area contributed by atoms with Gasteiger partial charge in [0.1, 0.15) is 11.1 Å². The molecule has 0 saturated carbocycles. The largest absolute Gasteiger partial charge is 0.452 e. The number of fused-ring (bicyclic) bond motifs is 1. The van der Waals surface area contributed by atoms with Gasteiger partial charge in [0.05, 0.1) is 11.9 Å². The molecule has 0 atom stereocenters. The molecule has 0 aliphatic heterocycles. The van der Waals surface area contributed by atoms with Gasteiger partial charge in [0, 0.05) is 12.3 Å². The van der Waals surface area contributed by atoms with Gasteiger partial charge in [-0.05, 0) is 32.9 Å². The Kier molecular flexibility index (Phi) is 4.95. The number of carbonyl (C=O) groups is 1. The summed E-state index contributed by atoms with van der Waals surface area (Å²) in [5.41, 5.74) is -1.36. The summed E-state index contributed by atoms with van der Waals surface area (Å²) in [6.07, 6.45) is 1.41. The molecule has 0 saturated heterocycles. The Balaban J connectivity index is 1.88. The van der Waals surface area contributed by atoms with Gasteiger partial charge in [-0.2, -0.15) is 4.39 Å². The second-order valence-corrected chi connectivity index (χ2v) is 6.72. The molecule has 3 rings (SSSR count). The SMILES string of the molecule is CC(C)(C)OC(=O)Nc1ccc(Oc2ccnc3[nH]c(=O)cnc23)c(F)c1F. The van der Waals surface area contributed by atoms with Gasteiger partial charge in [0.2, 0.25) is 5.82 Å². The third-order valence-corrected chi connectivity index (χ3v) is 3.34. The summed E-state index contributed by atoms with van der Waals surface area (Å²) in [5, 5.41) is 2.14. The molecule has 10 heteroatoms. The van der Waals surface area contributed by atoms with Crippen molar-refractivity contribution in [2.24, 2.45) is 0 Å². The fourth-order valence-electron chi connectivity index (χ4n) is 2.25. The van der Waals surface area contributed by atoms with Crippen molar-refractivity contribution in [1.82, 2.24) is 15.0 Å². The summed E-state index contributed by atoms with van der Waals surface area (Å²) < 4.78 is 39.1. The fraction of sp³-hybridized carbons (Fsp3) is 0.222. The van der Waals surface area contributed by atoms with Gasteiger partial charge in [0.25, 0.3) is 5.56 Å². The number of nitrogens with one attached hydrogen (secondary N) is 2. The van der Waals surface area contributed by atoms with E-state index in [0.717, 1.165) is 18.3 Å². The van der Waals surface area contributed by atoms with Crippen LogP contribution in [0, 0.1) is 11.6 Å². The lowest BCUT2D eigenvalue weighted by Crippen LogP contribution is -2.27. The maximum atomic E-state index is 14.4. The van der Waals surface area contributed by atoms with E-state index in [9.17, 15) is 18.4 Å². The Morgan fingerprint density at radius 2 is 1.86 bits per heavy atom. The van der Waals surface area contributed by atoms with Crippen LogP contribution in [0.2, 0.25) is 0 Å². The van der Waals surface area contributed by atoms with Crippen molar-refractivity contribution in [2.75, 3.05) is 5.32 Å². The van der Waals surface area contributed by atoms with Gasteiger partial charge >= 0.3 is 6.09 Å². The smallest absolute Gasteiger partial charge is 0.412 e. The van der Waals surface area contributed by atoms with Gasteiger partial charge in [-0.1, -0.05) is 0 Å². The van der Waals surface area contributed by atoms with Crippen LogP contribution in [0.3, 0.4) is 0 Å². The van der Waals surface area contributed by atoms with Crippen molar-refractivity contribution in [2.45, 2.75) is 26.4 Å². The second-order valence-electron chi connectivity index (χ2n) is 6.72. The topological polar surface area (TPSA) is 106 Å². The molecule has 0 fully saturated rings. The molecule has 2 heterocycles. The van der Waals surface area contributed by atoms with Crippen molar-refractivity contribution < 1.29 is 23.0 Å². The Hall–Kier alpha value is -3.56. The third-order valence-electron chi connectivity index (χ3n) is 3.34. The highest BCUT2D eigenvalue weighted by Gasteiger charge is 2.21. The number of aromatic amines is 1. The molecule has 0 unspecified atom stereocenters. The molecule has 1 amide bonds. The van der Waals surface area contributed by atoms with E-state index >= 15 is 0 Å². The number of anilines is 1. The summed E-state index contributed by atoms with van der Waals surface area (Å²) >= 11 is 0. The second kappa shape index (κ2) is 7.22. The van der Waals surface area contributed by atoms with Crippen molar-refractivity contribution in [1.29, 1.82) is 0 Å². The molecular weight excluding hydrogens is 374 g/mol. The Morgan fingerprint density at radius 1 is 1.11 bits per heavy atom. The predicted molar refractivity (Wildman–Crippen MR) is 96.4 cm³/mol. The molecule has 0 aliphatic carbocycles. The average Bonchev–Trinajstić information content (AvgIpc) is 2.59. The molecule has 0 spiro atoms. The molecular formula is C18H16F2N4O4. The van der Waals surface area contributed by atoms with Gasteiger partial charge in [0.15, 0.2) is 23.0 Å². The summed E-state index contributed by atoms with van der Waals surface area (Å²) in [7, 11) is 0. The number of amides is 1. The highest BCUT2D eigenvalue weighted by molar-refractivity contribution is 5.85. The van der Waals surface area contributed by atoms with Crippen LogP contribution in [0.15, 0.2) is 35.4 Å². The molecule has 1 aromatic carbocycles. The number of ether oxygens (including phenoxy) is 2. The zero-order chi connectivity index (χ0) is 20.5. The highest BCUT2D eigenvalue weighted by Crippen LogP contribution is 2.32. The summed E-state index contributed by atoms with van der Waals surface area (Å²) in [6, 6.07) is 3.66. The van der Waals surface area contributed by atoms with Crippen LogP contribution in [0.4, 0.5) is 19.3 Å². The standard InChI is InChI=1S/C18H16F2N4O4/c1-18(2,3)28-17(26)23-9-4-5-10(14(20)13(9)19)27-11-6-7-21-16-15(11)22-8-12(25)24-16/h4-8H,1-3H3,(H,23,26)(H,21,24,25). The Labute approximate surface area is 157 Å². The Bertz CT molecular complexity index is 1110. The van der Waals surface area contributed by atoms with E-state index in [1.54, 1.807) is 20.8 Å². The average molecular weight is 390 g/mol. The van der Waals surface area contributed by atoms with E-state index in [4.69, 9.17) is 9.47 Å². The van der Waals surface area contributed by atoms with Gasteiger partial charge in [-0.25, -0.2) is 19.2 Å². The van der Waals surface area contributed by atoms with Gasteiger partial charge < -0.3 is 14.5 Å². The fourth-order valence-corrected chi connectivity index (χ4v) is 2.25. The van der Waals surface area contributed by atoms with Crippen LogP contribution in [0.1, 0.15) is 20.8 Å². The van der Waals surface area contributed by atoms with E-state index in [0.29, 0.717) is 0 Å². The minimum atomic E-state index is -1.32. The van der Waals surface area contributed by atoms with Crippen LogP contribution < -0.4 is 15.6 Å². The molecule has 146 valence electrons. The van der Waals surface area contributed by atoms with E-state index in [1.165, 1.54) is 12.3 Å². The van der Waals surface area contributed by atoms with Crippen LogP contribution in [0.25, 0.3) is 11.2 Å². The minimum Gasteiger partial charge on any atom is -0.452 e. The number of benzene rings is 1. The Morgan fingerprint density at radius 3 is 2.57 bits per heavy atom. The number of aromatic nitrogens is 3. The molecule has 0 radical (unpaired) electrons. The maximum absolute atomic E-state index is 14.4. The van der Waals surface area contributed by atoms with Crippen molar-refractivity contribution in [3.05, 3.63) is 52.6 Å². The molecule has 3 aromatic rings. The monoisotopic (exact) mass is 390 g/mol. The quantitative estimate of drug-likeness (QED) is 0.706. The first-order chi connectivity index (χ1) is 13.1. The number of H-pyrrole nitrogens is 1. The first-order valence-electron chi connectivity index (χ1n) is 8.14. The number of rotatable bonds is 3. The lowest BCUT2D eigenvalue weighted by Gasteiger charge is -2.20. The molecule has 28 heavy (non-hydrogen) atoms. The number of hydrogen-bond acceptors (Lipinski definition) is 6. The van der Waals surface area contributed by atoms with E-state index in [2.05, 4.69) is 20.3 Å². The normalized spacial score (nSPS) is 11.3. The van der Waals surface area contributed by atoms with Crippen LogP contribution in [-0.4, -0.2) is 26.6 Å². The van der Waals surface area contributed by atoms with Crippen molar-refractivity contribution in [3.63, 3.8) is 0 Å². The molecule has 2 aromatic heterocycles. The van der Waals surface area contributed by atoms with Crippen LogP contribution in [-0.2, 0) is 4.74 Å². The predicted octanol–water partition coefficient (Wildman–Crippen LogP) is 3.74. The zero-order valence-electron chi connectivity index (χ0n) is 15.2. The first-order valence-corrected chi connectivity index (χ1v) is 8.14. The number of halogens is 2. The van der Waals surface area contributed by atoms with Crippen molar-refractivity contribution in [3.8, 4) is 11.5 Å². The lowest BCUT2D eigenvalue weighted by atomic mass is 10.2. The van der Waals surface area contributed by atoms with Gasteiger partial charge in [-0.15, -0.1) is 0 Å². The molecule has 2 N–H and O–H groups in total. The van der Waals surface area contributed by atoms with Crippen LogP contribution in [0.5, 0.6) is 11.5 Å². The third kappa shape index (κ3) is 4.22. The first kappa shape index (κ1) is 19.2. The van der Waals surface area contributed by atoms with Gasteiger partial charge in [-0.3, -0.25) is 10.1 Å². The molecule has 0 aliphatic rings. The van der Waals surface area contributed by atoms with E-state index in [1.807, 2.05) is 0 Å². The van der Waals surface area contributed by atoms with Crippen molar-refractivity contribution >= 4 is 22.9 Å². The number of hydrogen-bond donors (Lipinski definition) is 2. The minimum absolute atomic E-state index is 0.0624. The van der Waals surface area contributed by atoms with E-state index < -0.39 is 40.3 Å². The van der Waals surface area contributed by atoms with Crippen LogP contribution >= 0.6 is 0 Å². The van der Waals surface area contributed by atoms with E-state index in [-0.39, 0.29) is 16.9 Å². The summed E-state index contributed by atoms with van der Waals surface area (Å²) in [6.45, 7) is 4.92. The number of nitrogens with zero attached hydrogens (tertiary/aromatic N) is 2. The summed E-state index contributed by atoms with van der Waals surface area (Å²) in [5.74, 6) is -3.01. The molecule has 0 bridgehead atoms. The maximum Gasteiger partial charge on any atom is 0.412 e.